The topological polar surface area (TPSA) is 20.2 Å². The van der Waals surface area contributed by atoms with Crippen LogP contribution in [0.2, 0.25) is 0 Å². The summed E-state index contributed by atoms with van der Waals surface area (Å²) in [6.45, 7) is 20.9. The highest BCUT2D eigenvalue weighted by Crippen LogP contribution is 2.78. The molecular formula is C30H52O. The van der Waals surface area contributed by atoms with E-state index in [2.05, 4.69) is 55.4 Å². The van der Waals surface area contributed by atoms with Crippen molar-refractivity contribution in [3.63, 3.8) is 0 Å². The molecule has 0 aromatic rings. The van der Waals surface area contributed by atoms with E-state index in [9.17, 15) is 5.11 Å². The van der Waals surface area contributed by atoms with Gasteiger partial charge in [-0.25, -0.2) is 0 Å². The van der Waals surface area contributed by atoms with Gasteiger partial charge in [0.15, 0.2) is 0 Å². The summed E-state index contributed by atoms with van der Waals surface area (Å²) < 4.78 is 0. The van der Waals surface area contributed by atoms with Crippen LogP contribution in [0.5, 0.6) is 0 Å². The van der Waals surface area contributed by atoms with Crippen molar-refractivity contribution in [2.45, 2.75) is 132 Å². The minimum atomic E-state index is -0.0781. The van der Waals surface area contributed by atoms with Gasteiger partial charge in [0.2, 0.25) is 0 Å². The molecule has 10 atom stereocenters. The molecule has 1 heteroatoms. The zero-order valence-electron chi connectivity index (χ0n) is 22.1. The highest BCUT2D eigenvalue weighted by molar-refractivity contribution is 5.19. The summed E-state index contributed by atoms with van der Waals surface area (Å²) in [4.78, 5) is 0. The van der Waals surface area contributed by atoms with Gasteiger partial charge in [-0.05, 0) is 127 Å². The normalized spacial score (nSPS) is 60.9. The van der Waals surface area contributed by atoms with E-state index >= 15 is 0 Å². The molecule has 5 fully saturated rings. The van der Waals surface area contributed by atoms with E-state index in [0.29, 0.717) is 38.4 Å². The van der Waals surface area contributed by atoms with Crippen LogP contribution in [0.25, 0.3) is 0 Å². The largest absolute Gasteiger partial charge is 0.393 e. The van der Waals surface area contributed by atoms with Crippen molar-refractivity contribution in [1.29, 1.82) is 0 Å². The Morgan fingerprint density at radius 2 is 1.19 bits per heavy atom. The van der Waals surface area contributed by atoms with E-state index < -0.39 is 0 Å². The predicted octanol–water partition coefficient (Wildman–Crippen LogP) is 8.25. The quantitative estimate of drug-likeness (QED) is 0.412. The first-order chi connectivity index (χ1) is 14.2. The molecule has 5 rings (SSSR count). The second kappa shape index (κ2) is 6.55. The number of fused-ring (bicyclic) bond motifs is 7. The van der Waals surface area contributed by atoms with E-state index in [4.69, 9.17) is 0 Å². The number of aliphatic hydroxyl groups excluding tert-OH is 1. The SMILES string of the molecule is C[C@H]1[C@@H](O)CCC2[C@]3(C)CCC4(C)[C@@H]5CC(C)(C)CC[C@]5(C)CC[C@]4(C)C3CC[C@@]21C. The molecule has 0 heterocycles. The van der Waals surface area contributed by atoms with Crippen LogP contribution in [0.3, 0.4) is 0 Å². The van der Waals surface area contributed by atoms with Crippen LogP contribution >= 0.6 is 0 Å². The Balaban J connectivity index is 1.54. The van der Waals surface area contributed by atoms with Gasteiger partial charge in [0.05, 0.1) is 6.10 Å². The van der Waals surface area contributed by atoms with Crippen molar-refractivity contribution < 1.29 is 5.11 Å². The van der Waals surface area contributed by atoms with Crippen LogP contribution in [0, 0.1) is 56.2 Å². The Bertz CT molecular complexity index is 741. The Kier molecular flexibility index (Phi) is 4.80. The van der Waals surface area contributed by atoms with Crippen molar-refractivity contribution in [2.24, 2.45) is 56.2 Å². The molecular weight excluding hydrogens is 376 g/mol. The van der Waals surface area contributed by atoms with E-state index in [0.717, 1.165) is 24.2 Å². The molecule has 1 N–H and O–H groups in total. The summed E-state index contributed by atoms with van der Waals surface area (Å²) >= 11 is 0. The maximum absolute atomic E-state index is 10.7. The monoisotopic (exact) mass is 428 g/mol. The summed E-state index contributed by atoms with van der Waals surface area (Å²) in [5, 5.41) is 10.7. The molecule has 178 valence electrons. The lowest BCUT2D eigenvalue weighted by Crippen LogP contribution is -2.67. The lowest BCUT2D eigenvalue weighted by atomic mass is 9.30. The van der Waals surface area contributed by atoms with Crippen LogP contribution in [-0.2, 0) is 0 Å². The van der Waals surface area contributed by atoms with Crippen molar-refractivity contribution in [1.82, 2.24) is 0 Å². The van der Waals surface area contributed by atoms with Gasteiger partial charge in [0, 0.05) is 0 Å². The molecule has 5 aliphatic carbocycles. The molecule has 0 radical (unpaired) electrons. The van der Waals surface area contributed by atoms with Gasteiger partial charge in [-0.3, -0.25) is 0 Å². The van der Waals surface area contributed by atoms with Crippen LogP contribution in [0.4, 0.5) is 0 Å². The molecule has 0 spiro atoms. The van der Waals surface area contributed by atoms with Crippen LogP contribution in [-0.4, -0.2) is 11.2 Å². The lowest BCUT2D eigenvalue weighted by Gasteiger charge is -2.75. The first-order valence-corrected chi connectivity index (χ1v) is 13.9. The summed E-state index contributed by atoms with van der Waals surface area (Å²) in [6, 6.07) is 0. The average Bonchev–Trinajstić information content (AvgIpc) is 2.69. The van der Waals surface area contributed by atoms with Crippen molar-refractivity contribution in [3.8, 4) is 0 Å². The van der Waals surface area contributed by atoms with Gasteiger partial charge in [-0.15, -0.1) is 0 Å². The standard InChI is InChI=1S/C30H52O/c1-20-21(31)9-10-22-27(20,5)12-11-23-28(22,6)16-18-30(8)24-19-25(2,3)13-14-26(24,4)15-17-29(23,30)7/h20-24,31H,9-19H2,1-8H3/t20-,21-,22?,23?,24+,26+,27+,28-,29+,30?/m0/s1. The van der Waals surface area contributed by atoms with Crippen LogP contribution in [0.1, 0.15) is 126 Å². The fourth-order valence-corrected chi connectivity index (χ4v) is 11.4. The van der Waals surface area contributed by atoms with Crippen molar-refractivity contribution in [3.05, 3.63) is 0 Å². The first kappa shape index (κ1) is 22.7. The summed E-state index contributed by atoms with van der Waals surface area (Å²) in [5.41, 5.74) is 2.88. The summed E-state index contributed by atoms with van der Waals surface area (Å²) in [6.07, 6.45) is 15.1. The van der Waals surface area contributed by atoms with Crippen LogP contribution in [0.15, 0.2) is 0 Å². The van der Waals surface area contributed by atoms with Gasteiger partial charge < -0.3 is 5.11 Å². The van der Waals surface area contributed by atoms with Gasteiger partial charge in [0.1, 0.15) is 0 Å². The second-order valence-corrected chi connectivity index (χ2v) is 15.5. The molecule has 3 unspecified atom stereocenters. The number of hydrogen-bond acceptors (Lipinski definition) is 1. The van der Waals surface area contributed by atoms with E-state index in [-0.39, 0.29) is 6.10 Å². The minimum absolute atomic E-state index is 0.0781. The lowest BCUT2D eigenvalue weighted by molar-refractivity contribution is -0.263. The fourth-order valence-electron chi connectivity index (χ4n) is 11.4. The molecule has 5 aliphatic rings. The maximum atomic E-state index is 10.7. The van der Waals surface area contributed by atoms with E-state index in [1.165, 1.54) is 64.2 Å². The molecule has 0 aromatic heterocycles. The van der Waals surface area contributed by atoms with Gasteiger partial charge in [-0.2, -0.15) is 0 Å². The van der Waals surface area contributed by atoms with Gasteiger partial charge in [-0.1, -0.05) is 55.4 Å². The highest BCUT2D eigenvalue weighted by atomic mass is 16.3. The molecule has 0 saturated heterocycles. The van der Waals surface area contributed by atoms with Gasteiger partial charge >= 0.3 is 0 Å². The van der Waals surface area contributed by atoms with E-state index in [1.54, 1.807) is 0 Å². The Morgan fingerprint density at radius 1 is 0.581 bits per heavy atom. The Labute approximate surface area is 193 Å². The fraction of sp³-hybridized carbons (Fsp3) is 1.00. The number of aliphatic hydroxyl groups is 1. The Morgan fingerprint density at radius 3 is 1.90 bits per heavy atom. The van der Waals surface area contributed by atoms with E-state index in [1.807, 2.05) is 0 Å². The highest BCUT2D eigenvalue weighted by Gasteiger charge is 2.70. The minimum Gasteiger partial charge on any atom is -0.393 e. The molecule has 0 bridgehead atoms. The third kappa shape index (κ3) is 2.77. The third-order valence-corrected chi connectivity index (χ3v) is 13.9. The molecule has 5 saturated carbocycles. The predicted molar refractivity (Wildman–Crippen MR) is 131 cm³/mol. The van der Waals surface area contributed by atoms with Crippen LogP contribution < -0.4 is 0 Å². The first-order valence-electron chi connectivity index (χ1n) is 13.9. The number of hydrogen-bond donors (Lipinski definition) is 1. The molecule has 0 aliphatic heterocycles. The average molecular weight is 429 g/mol. The zero-order chi connectivity index (χ0) is 22.7. The molecule has 31 heavy (non-hydrogen) atoms. The molecule has 1 nitrogen and oxygen atoms in total. The molecule has 0 aromatic carbocycles. The summed E-state index contributed by atoms with van der Waals surface area (Å²) in [5.74, 6) is 3.02. The third-order valence-electron chi connectivity index (χ3n) is 13.9. The van der Waals surface area contributed by atoms with Crippen molar-refractivity contribution >= 4 is 0 Å². The zero-order valence-corrected chi connectivity index (χ0v) is 22.1. The molecule has 0 amide bonds. The summed E-state index contributed by atoms with van der Waals surface area (Å²) in [7, 11) is 0. The maximum Gasteiger partial charge on any atom is 0.0571 e. The van der Waals surface area contributed by atoms with Gasteiger partial charge in [0.25, 0.3) is 0 Å². The van der Waals surface area contributed by atoms with Crippen molar-refractivity contribution in [2.75, 3.05) is 0 Å². The Hall–Kier alpha value is -0.0400. The smallest absolute Gasteiger partial charge is 0.0571 e. The second-order valence-electron chi connectivity index (χ2n) is 15.5. The number of rotatable bonds is 0.